The fourth-order valence-corrected chi connectivity index (χ4v) is 7.95. The number of fused-ring (bicyclic) bond motifs is 5. The first-order chi connectivity index (χ1) is 14.8. The van der Waals surface area contributed by atoms with Gasteiger partial charge in [-0.2, -0.15) is 10.2 Å². The predicted octanol–water partition coefficient (Wildman–Crippen LogP) is 5.75. The van der Waals surface area contributed by atoms with E-state index in [-0.39, 0.29) is 26.9 Å². The number of aliphatic hydroxyl groups excluding tert-OH is 1. The number of nitrogens with zero attached hydrogens (tertiary/aromatic N) is 3. The fourth-order valence-electron chi connectivity index (χ4n) is 7.26. The Morgan fingerprint density at radius 3 is 2.74 bits per heavy atom. The van der Waals surface area contributed by atoms with E-state index in [1.165, 1.54) is 30.2 Å². The number of allylic oxidation sites excluding steroid dienone is 1. The van der Waals surface area contributed by atoms with E-state index in [1.807, 2.05) is 0 Å². The number of aliphatic hydroxyl groups is 1. The summed E-state index contributed by atoms with van der Waals surface area (Å²) in [7, 11) is 0. The van der Waals surface area contributed by atoms with E-state index in [1.54, 1.807) is 12.3 Å². The number of nitro groups is 1. The quantitative estimate of drug-likeness (QED) is 0.280. The highest BCUT2D eigenvalue weighted by molar-refractivity contribution is 7.16. The summed E-state index contributed by atoms with van der Waals surface area (Å²) in [5.41, 5.74) is 3.08. The van der Waals surface area contributed by atoms with Gasteiger partial charge >= 0.3 is 5.00 Å². The monoisotopic (exact) mass is 441 g/mol. The standard InChI is InChI=1S/C24H31N3O3S/c1-23-11-9-16(28)13-15(23)3-5-18-19-6-7-21(24(19,2)12-10-20(18)23)26-25-14-17-4-8-22(31-17)27(29)30/h3-4,8,14,16,18-20,28H,5-7,9-13H2,1-2H3/b25-14-,26-21-/t16-,18+,19-,20+,23-,24-/m0/s1. The minimum absolute atomic E-state index is 0.107. The maximum atomic E-state index is 10.9. The maximum absolute atomic E-state index is 10.9. The van der Waals surface area contributed by atoms with Crippen LogP contribution in [0.15, 0.2) is 34.0 Å². The number of hydrogen-bond donors (Lipinski definition) is 1. The van der Waals surface area contributed by atoms with E-state index in [0.717, 1.165) is 54.7 Å². The Morgan fingerprint density at radius 2 is 1.97 bits per heavy atom. The third kappa shape index (κ3) is 3.41. The van der Waals surface area contributed by atoms with Crippen molar-refractivity contribution in [3.05, 3.63) is 38.8 Å². The van der Waals surface area contributed by atoms with Gasteiger partial charge in [-0.05, 0) is 80.6 Å². The van der Waals surface area contributed by atoms with Crippen molar-refractivity contribution in [2.75, 3.05) is 0 Å². The molecule has 1 aromatic rings. The Balaban J connectivity index is 1.35. The molecule has 5 rings (SSSR count). The molecule has 4 aliphatic rings. The van der Waals surface area contributed by atoms with Crippen LogP contribution in [-0.2, 0) is 0 Å². The lowest BCUT2D eigenvalue weighted by Gasteiger charge is -2.57. The van der Waals surface area contributed by atoms with Crippen molar-refractivity contribution < 1.29 is 10.0 Å². The molecule has 0 aromatic carbocycles. The van der Waals surface area contributed by atoms with E-state index < -0.39 is 0 Å². The smallest absolute Gasteiger partial charge is 0.324 e. The third-order valence-electron chi connectivity index (χ3n) is 8.97. The Bertz CT molecular complexity index is 982. The average molecular weight is 442 g/mol. The van der Waals surface area contributed by atoms with Gasteiger partial charge in [-0.15, -0.1) is 0 Å². The normalized spacial score (nSPS) is 41.0. The first kappa shape index (κ1) is 21.0. The second-order valence-electron chi connectivity index (χ2n) is 10.4. The molecule has 0 radical (unpaired) electrons. The molecule has 0 spiro atoms. The van der Waals surface area contributed by atoms with Crippen LogP contribution in [0.4, 0.5) is 5.00 Å². The minimum atomic E-state index is -0.369. The van der Waals surface area contributed by atoms with E-state index in [4.69, 9.17) is 0 Å². The van der Waals surface area contributed by atoms with E-state index in [2.05, 4.69) is 30.1 Å². The molecule has 0 amide bonds. The molecule has 0 saturated heterocycles. The second-order valence-corrected chi connectivity index (χ2v) is 11.5. The van der Waals surface area contributed by atoms with Gasteiger partial charge in [0.15, 0.2) is 0 Å². The van der Waals surface area contributed by atoms with Gasteiger partial charge in [0.05, 0.1) is 22.1 Å². The van der Waals surface area contributed by atoms with E-state index in [0.29, 0.717) is 17.8 Å². The Hall–Kier alpha value is -1.86. The summed E-state index contributed by atoms with van der Waals surface area (Å²) in [6.45, 7) is 4.84. The van der Waals surface area contributed by atoms with Crippen molar-refractivity contribution in [1.82, 2.24) is 0 Å². The summed E-state index contributed by atoms with van der Waals surface area (Å²) >= 11 is 1.13. The molecule has 3 fully saturated rings. The van der Waals surface area contributed by atoms with Crippen molar-refractivity contribution in [2.45, 2.75) is 71.3 Å². The van der Waals surface area contributed by atoms with Crippen molar-refractivity contribution in [3.8, 4) is 0 Å². The SMILES string of the molecule is C[C@]12CC[C@H](O)CC1=CC[C@H]1[C@H]2CC[C@]2(C)/C(=N\N=C/c3ccc([N+](=O)[O-])s3)CC[C@@H]12. The van der Waals surface area contributed by atoms with Crippen LogP contribution in [0.5, 0.6) is 0 Å². The molecule has 31 heavy (non-hydrogen) atoms. The summed E-state index contributed by atoms with van der Waals surface area (Å²) < 4.78 is 0. The van der Waals surface area contributed by atoms with Gasteiger partial charge in [0, 0.05) is 17.2 Å². The highest BCUT2D eigenvalue weighted by Gasteiger charge is 2.57. The summed E-state index contributed by atoms with van der Waals surface area (Å²) in [6, 6.07) is 3.24. The van der Waals surface area contributed by atoms with Crippen LogP contribution >= 0.6 is 11.3 Å². The lowest BCUT2D eigenvalue weighted by molar-refractivity contribution is -0.380. The molecule has 0 aliphatic heterocycles. The van der Waals surface area contributed by atoms with Crippen LogP contribution in [0.1, 0.15) is 70.1 Å². The molecule has 1 aromatic heterocycles. The van der Waals surface area contributed by atoms with Crippen LogP contribution < -0.4 is 0 Å². The average Bonchev–Trinajstić information content (AvgIpc) is 3.33. The highest BCUT2D eigenvalue weighted by Crippen LogP contribution is 2.64. The van der Waals surface area contributed by atoms with Gasteiger partial charge in [0.2, 0.25) is 0 Å². The highest BCUT2D eigenvalue weighted by atomic mass is 32.1. The van der Waals surface area contributed by atoms with E-state index in [9.17, 15) is 15.2 Å². The van der Waals surface area contributed by atoms with E-state index >= 15 is 0 Å². The molecule has 6 nitrogen and oxygen atoms in total. The largest absolute Gasteiger partial charge is 0.393 e. The molecule has 0 bridgehead atoms. The van der Waals surface area contributed by atoms with Crippen molar-refractivity contribution in [1.29, 1.82) is 0 Å². The molecule has 1 heterocycles. The molecule has 166 valence electrons. The number of rotatable bonds is 3. The Kier molecular flexibility index (Phi) is 5.17. The molecule has 7 heteroatoms. The van der Waals surface area contributed by atoms with Crippen molar-refractivity contribution >= 4 is 28.3 Å². The Morgan fingerprint density at radius 1 is 1.19 bits per heavy atom. The summed E-state index contributed by atoms with van der Waals surface area (Å²) in [5.74, 6) is 2.05. The van der Waals surface area contributed by atoms with Gasteiger partial charge in [0.1, 0.15) is 0 Å². The molecular weight excluding hydrogens is 410 g/mol. The van der Waals surface area contributed by atoms with Gasteiger partial charge in [-0.1, -0.05) is 36.8 Å². The predicted molar refractivity (Wildman–Crippen MR) is 124 cm³/mol. The zero-order valence-electron chi connectivity index (χ0n) is 18.3. The summed E-state index contributed by atoms with van der Waals surface area (Å²) in [6.07, 6.45) is 12.6. The zero-order chi connectivity index (χ0) is 21.8. The van der Waals surface area contributed by atoms with Crippen molar-refractivity contribution in [2.24, 2.45) is 38.8 Å². The van der Waals surface area contributed by atoms with Crippen molar-refractivity contribution in [3.63, 3.8) is 0 Å². The molecule has 1 N–H and O–H groups in total. The first-order valence-corrected chi connectivity index (χ1v) is 12.3. The lowest BCUT2D eigenvalue weighted by Crippen LogP contribution is -2.50. The molecule has 3 saturated carbocycles. The number of thiophene rings is 1. The third-order valence-corrected chi connectivity index (χ3v) is 9.95. The second kappa shape index (κ2) is 7.62. The molecule has 4 aliphatic carbocycles. The van der Waals surface area contributed by atoms with Gasteiger partial charge in [0.25, 0.3) is 0 Å². The van der Waals surface area contributed by atoms with Gasteiger partial charge < -0.3 is 5.11 Å². The summed E-state index contributed by atoms with van der Waals surface area (Å²) in [5, 5.41) is 30.2. The summed E-state index contributed by atoms with van der Waals surface area (Å²) in [4.78, 5) is 11.3. The molecule has 0 unspecified atom stereocenters. The lowest BCUT2D eigenvalue weighted by atomic mass is 9.48. The molecular formula is C24H31N3O3S. The topological polar surface area (TPSA) is 88.1 Å². The first-order valence-electron chi connectivity index (χ1n) is 11.5. The van der Waals surface area contributed by atoms with Crippen LogP contribution in [0, 0.1) is 38.7 Å². The van der Waals surface area contributed by atoms with Gasteiger partial charge in [-0.3, -0.25) is 10.1 Å². The molecule has 6 atom stereocenters. The minimum Gasteiger partial charge on any atom is -0.393 e. The van der Waals surface area contributed by atoms with Crippen LogP contribution in [-0.4, -0.2) is 28.1 Å². The van der Waals surface area contributed by atoms with Crippen LogP contribution in [0.2, 0.25) is 0 Å². The maximum Gasteiger partial charge on any atom is 0.324 e. The zero-order valence-corrected chi connectivity index (χ0v) is 19.1. The Labute approximate surface area is 187 Å². The van der Waals surface area contributed by atoms with Crippen LogP contribution in [0.25, 0.3) is 0 Å². The fraction of sp³-hybridized carbons (Fsp3) is 0.667. The van der Waals surface area contributed by atoms with Crippen LogP contribution in [0.3, 0.4) is 0 Å². The van der Waals surface area contributed by atoms with Gasteiger partial charge in [-0.25, -0.2) is 0 Å². The number of hydrogen-bond acceptors (Lipinski definition) is 6.